The van der Waals surface area contributed by atoms with Gasteiger partial charge in [-0.05, 0) is 62.1 Å². The van der Waals surface area contributed by atoms with E-state index < -0.39 is 0 Å². The normalized spacial score (nSPS) is 11.7. The van der Waals surface area contributed by atoms with Crippen molar-refractivity contribution in [3.63, 3.8) is 0 Å². The van der Waals surface area contributed by atoms with Crippen molar-refractivity contribution in [1.82, 2.24) is 0 Å². The summed E-state index contributed by atoms with van der Waals surface area (Å²) in [6, 6.07) is 15.5. The maximum atomic E-state index is 9.27. The summed E-state index contributed by atoms with van der Waals surface area (Å²) >= 11 is 0. The van der Waals surface area contributed by atoms with Gasteiger partial charge in [0, 0.05) is 11.7 Å². The first-order valence-corrected chi connectivity index (χ1v) is 7.13. The molecule has 0 saturated carbocycles. The van der Waals surface area contributed by atoms with Crippen LogP contribution in [0.4, 0.5) is 5.69 Å². The van der Waals surface area contributed by atoms with Crippen molar-refractivity contribution < 1.29 is 5.11 Å². The zero-order valence-electron chi connectivity index (χ0n) is 12.4. The highest BCUT2D eigenvalue weighted by atomic mass is 16.3. The number of phenols is 1. The second kappa shape index (κ2) is 6.81. The van der Waals surface area contributed by atoms with E-state index in [1.54, 1.807) is 12.1 Å². The summed E-state index contributed by atoms with van der Waals surface area (Å²) < 4.78 is 0. The average molecular weight is 280 g/mol. The number of nitrogens with zero attached hydrogens (tertiary/aromatic N) is 1. The van der Waals surface area contributed by atoms with E-state index in [9.17, 15) is 5.11 Å². The molecule has 108 valence electrons. The molecule has 0 amide bonds. The van der Waals surface area contributed by atoms with Crippen LogP contribution in [-0.4, -0.2) is 11.1 Å². The number of nitriles is 1. The van der Waals surface area contributed by atoms with Gasteiger partial charge in [-0.2, -0.15) is 5.26 Å². The van der Waals surface area contributed by atoms with Crippen LogP contribution in [0.1, 0.15) is 30.0 Å². The van der Waals surface area contributed by atoms with Crippen molar-refractivity contribution >= 4 is 5.69 Å². The van der Waals surface area contributed by atoms with Crippen molar-refractivity contribution in [3.05, 3.63) is 59.2 Å². The zero-order chi connectivity index (χ0) is 15.2. The molecular weight excluding hydrogens is 260 g/mol. The maximum Gasteiger partial charge on any atom is 0.115 e. The number of phenolic OH excluding ortho intramolecular Hbond substituents is 1. The molecule has 0 radical (unpaired) electrons. The van der Waals surface area contributed by atoms with Crippen LogP contribution in [0.3, 0.4) is 0 Å². The van der Waals surface area contributed by atoms with E-state index in [1.165, 1.54) is 5.56 Å². The first-order chi connectivity index (χ1) is 10.1. The minimum Gasteiger partial charge on any atom is -0.508 e. The van der Waals surface area contributed by atoms with Crippen molar-refractivity contribution in [2.75, 3.05) is 5.32 Å². The lowest BCUT2D eigenvalue weighted by atomic mass is 10.0. The summed E-state index contributed by atoms with van der Waals surface area (Å²) in [4.78, 5) is 0. The standard InChI is InChI=1S/C18H20N2O/c1-13-3-5-16(12-19)11-18(13)20-14(2)4-6-15-7-9-17(21)10-8-15/h3,5,7-11,14,20-21H,4,6H2,1-2H3. The molecule has 0 aliphatic heterocycles. The Morgan fingerprint density at radius 3 is 2.57 bits per heavy atom. The van der Waals surface area contributed by atoms with Gasteiger partial charge in [0.15, 0.2) is 0 Å². The van der Waals surface area contributed by atoms with Gasteiger partial charge in [0.2, 0.25) is 0 Å². The molecule has 0 aliphatic rings. The van der Waals surface area contributed by atoms with E-state index in [1.807, 2.05) is 37.3 Å². The largest absolute Gasteiger partial charge is 0.508 e. The highest BCUT2D eigenvalue weighted by Crippen LogP contribution is 2.19. The smallest absolute Gasteiger partial charge is 0.115 e. The lowest BCUT2D eigenvalue weighted by Crippen LogP contribution is -2.16. The molecule has 0 fully saturated rings. The molecule has 2 aromatic rings. The van der Waals surface area contributed by atoms with Gasteiger partial charge < -0.3 is 10.4 Å². The molecule has 2 N–H and O–H groups in total. The minimum atomic E-state index is 0.300. The number of hydrogen-bond acceptors (Lipinski definition) is 3. The second-order valence-electron chi connectivity index (χ2n) is 5.39. The molecule has 2 aromatic carbocycles. The van der Waals surface area contributed by atoms with E-state index in [0.29, 0.717) is 17.4 Å². The van der Waals surface area contributed by atoms with Gasteiger partial charge in [0.25, 0.3) is 0 Å². The Morgan fingerprint density at radius 1 is 1.19 bits per heavy atom. The molecule has 21 heavy (non-hydrogen) atoms. The Bertz CT molecular complexity index is 641. The third kappa shape index (κ3) is 4.25. The van der Waals surface area contributed by atoms with Crippen molar-refractivity contribution in [3.8, 4) is 11.8 Å². The second-order valence-corrected chi connectivity index (χ2v) is 5.39. The lowest BCUT2D eigenvalue weighted by Gasteiger charge is -2.17. The summed E-state index contributed by atoms with van der Waals surface area (Å²) in [5, 5.41) is 21.7. The molecule has 3 nitrogen and oxygen atoms in total. The number of anilines is 1. The fourth-order valence-electron chi connectivity index (χ4n) is 2.23. The Balaban J connectivity index is 1.94. The van der Waals surface area contributed by atoms with Crippen LogP contribution < -0.4 is 5.32 Å². The molecular formula is C18H20N2O. The van der Waals surface area contributed by atoms with Gasteiger partial charge in [0.05, 0.1) is 11.6 Å². The number of nitrogens with one attached hydrogen (secondary N) is 1. The van der Waals surface area contributed by atoms with E-state index in [-0.39, 0.29) is 0 Å². The van der Waals surface area contributed by atoms with Crippen LogP contribution in [0.2, 0.25) is 0 Å². The summed E-state index contributed by atoms with van der Waals surface area (Å²) in [7, 11) is 0. The Morgan fingerprint density at radius 2 is 1.90 bits per heavy atom. The van der Waals surface area contributed by atoms with Crippen LogP contribution in [0.15, 0.2) is 42.5 Å². The van der Waals surface area contributed by atoms with E-state index >= 15 is 0 Å². The van der Waals surface area contributed by atoms with Crippen LogP contribution in [0.5, 0.6) is 5.75 Å². The fourth-order valence-corrected chi connectivity index (χ4v) is 2.23. The predicted octanol–water partition coefficient (Wildman–Crippen LogP) is 4.01. The van der Waals surface area contributed by atoms with Crippen LogP contribution in [0, 0.1) is 18.3 Å². The molecule has 0 aliphatic carbocycles. The quantitative estimate of drug-likeness (QED) is 0.870. The Hall–Kier alpha value is -2.47. The first-order valence-electron chi connectivity index (χ1n) is 7.13. The van der Waals surface area contributed by atoms with Gasteiger partial charge in [0.1, 0.15) is 5.75 Å². The maximum absolute atomic E-state index is 9.27. The van der Waals surface area contributed by atoms with Crippen molar-refractivity contribution in [1.29, 1.82) is 5.26 Å². The molecule has 0 spiro atoms. The molecule has 0 aromatic heterocycles. The van der Waals surface area contributed by atoms with E-state index in [2.05, 4.69) is 18.3 Å². The van der Waals surface area contributed by atoms with E-state index in [4.69, 9.17) is 5.26 Å². The minimum absolute atomic E-state index is 0.300. The summed E-state index contributed by atoms with van der Waals surface area (Å²) in [6.07, 6.45) is 1.94. The average Bonchev–Trinajstić information content (AvgIpc) is 2.49. The predicted molar refractivity (Wildman–Crippen MR) is 85.4 cm³/mol. The van der Waals surface area contributed by atoms with Gasteiger partial charge >= 0.3 is 0 Å². The summed E-state index contributed by atoms with van der Waals surface area (Å²) in [6.45, 7) is 4.18. The van der Waals surface area contributed by atoms with E-state index in [0.717, 1.165) is 24.1 Å². The lowest BCUT2D eigenvalue weighted by molar-refractivity contribution is 0.475. The number of aromatic hydroxyl groups is 1. The molecule has 0 saturated heterocycles. The SMILES string of the molecule is Cc1ccc(C#N)cc1NC(C)CCc1ccc(O)cc1. The van der Waals surface area contributed by atoms with Gasteiger partial charge in [-0.15, -0.1) is 0 Å². The van der Waals surface area contributed by atoms with Gasteiger partial charge in [-0.25, -0.2) is 0 Å². The molecule has 2 rings (SSSR count). The highest BCUT2D eigenvalue weighted by Gasteiger charge is 2.06. The fraction of sp³-hybridized carbons (Fsp3) is 0.278. The van der Waals surface area contributed by atoms with Crippen molar-refractivity contribution in [2.24, 2.45) is 0 Å². The third-order valence-electron chi connectivity index (χ3n) is 3.57. The molecule has 0 heterocycles. The van der Waals surface area contributed by atoms with Crippen LogP contribution in [-0.2, 0) is 6.42 Å². The number of benzene rings is 2. The highest BCUT2D eigenvalue weighted by molar-refractivity contribution is 5.55. The zero-order valence-corrected chi connectivity index (χ0v) is 12.4. The molecule has 1 atom stereocenters. The van der Waals surface area contributed by atoms with Gasteiger partial charge in [-0.3, -0.25) is 0 Å². The monoisotopic (exact) mass is 280 g/mol. The molecule has 3 heteroatoms. The third-order valence-corrected chi connectivity index (χ3v) is 3.57. The Kier molecular flexibility index (Phi) is 4.84. The molecule has 1 unspecified atom stereocenters. The first kappa shape index (κ1) is 14.9. The number of rotatable bonds is 5. The topological polar surface area (TPSA) is 56.0 Å². The number of aryl methyl sites for hydroxylation is 2. The summed E-state index contributed by atoms with van der Waals surface area (Å²) in [5.41, 5.74) is 4.05. The van der Waals surface area contributed by atoms with Crippen molar-refractivity contribution in [2.45, 2.75) is 32.7 Å². The van der Waals surface area contributed by atoms with Crippen LogP contribution in [0.25, 0.3) is 0 Å². The Labute approximate surface area is 125 Å². The summed E-state index contributed by atoms with van der Waals surface area (Å²) in [5.74, 6) is 0.300. The molecule has 0 bridgehead atoms. The van der Waals surface area contributed by atoms with Gasteiger partial charge in [-0.1, -0.05) is 18.2 Å². The number of hydrogen-bond donors (Lipinski definition) is 2. The van der Waals surface area contributed by atoms with Crippen LogP contribution >= 0.6 is 0 Å².